The van der Waals surface area contributed by atoms with Gasteiger partial charge in [0.25, 0.3) is 0 Å². The summed E-state index contributed by atoms with van der Waals surface area (Å²) in [5, 5.41) is 0. The van der Waals surface area contributed by atoms with Crippen LogP contribution in [0.25, 0.3) is 0 Å². The van der Waals surface area contributed by atoms with Crippen LogP contribution in [0.5, 0.6) is 0 Å². The Kier molecular flexibility index (Phi) is 4.30. The predicted octanol–water partition coefficient (Wildman–Crippen LogP) is 2.11. The molecular formula is C19H27N3O. The molecule has 0 amide bonds. The van der Waals surface area contributed by atoms with E-state index in [4.69, 9.17) is 0 Å². The fourth-order valence-electron chi connectivity index (χ4n) is 3.68. The largest absolute Gasteiger partial charge is 0.347 e. The van der Waals surface area contributed by atoms with Crippen LogP contribution in [-0.4, -0.2) is 62.4 Å². The minimum Gasteiger partial charge on any atom is -0.347 e. The first-order valence-electron chi connectivity index (χ1n) is 8.39. The van der Waals surface area contributed by atoms with Crippen LogP contribution in [0.3, 0.4) is 0 Å². The molecule has 0 saturated carbocycles. The van der Waals surface area contributed by atoms with Gasteiger partial charge in [0.15, 0.2) is 5.78 Å². The molecule has 1 fully saturated rings. The van der Waals surface area contributed by atoms with Gasteiger partial charge in [-0.1, -0.05) is 32.0 Å². The molecule has 23 heavy (non-hydrogen) atoms. The minimum atomic E-state index is -0.122. The standard InChI is InChI=1S/C19H27N3O/c1-19(2)16-7-5-6-8-17(16)21(4)18(19)13-15(23)14-22-11-9-20(3)10-12-22/h5-8,13H,9-12,14H2,1-4H3/b18-13+. The van der Waals surface area contributed by atoms with E-state index in [1.54, 1.807) is 0 Å². The van der Waals surface area contributed by atoms with E-state index in [9.17, 15) is 4.79 Å². The molecule has 0 aliphatic carbocycles. The van der Waals surface area contributed by atoms with Crippen molar-refractivity contribution in [3.05, 3.63) is 41.6 Å². The zero-order chi connectivity index (χ0) is 16.6. The molecule has 0 unspecified atom stereocenters. The maximum atomic E-state index is 12.6. The van der Waals surface area contributed by atoms with Gasteiger partial charge in [-0.2, -0.15) is 0 Å². The number of allylic oxidation sites excluding steroid dienone is 1. The number of hydrogen-bond donors (Lipinski definition) is 0. The molecule has 2 heterocycles. The summed E-state index contributed by atoms with van der Waals surface area (Å²) in [6, 6.07) is 8.42. The van der Waals surface area contributed by atoms with Crippen molar-refractivity contribution < 1.29 is 4.79 Å². The highest BCUT2D eigenvalue weighted by Crippen LogP contribution is 2.46. The van der Waals surface area contributed by atoms with E-state index < -0.39 is 0 Å². The Morgan fingerprint density at radius 1 is 1.13 bits per heavy atom. The Morgan fingerprint density at radius 3 is 2.43 bits per heavy atom. The summed E-state index contributed by atoms with van der Waals surface area (Å²) in [5.74, 6) is 0.206. The van der Waals surface area contributed by atoms with Gasteiger partial charge in [0.05, 0.1) is 6.54 Å². The monoisotopic (exact) mass is 313 g/mol. The van der Waals surface area contributed by atoms with Gasteiger partial charge in [-0.25, -0.2) is 0 Å². The van der Waals surface area contributed by atoms with Gasteiger partial charge in [-0.05, 0) is 18.7 Å². The predicted molar refractivity (Wildman–Crippen MR) is 94.9 cm³/mol. The molecule has 1 saturated heterocycles. The van der Waals surface area contributed by atoms with Crippen molar-refractivity contribution in [1.82, 2.24) is 9.80 Å². The number of fused-ring (bicyclic) bond motifs is 1. The van der Waals surface area contributed by atoms with Crippen molar-refractivity contribution in [2.75, 3.05) is 51.7 Å². The summed E-state index contributed by atoms with van der Waals surface area (Å²) in [5.41, 5.74) is 3.47. The van der Waals surface area contributed by atoms with Gasteiger partial charge in [0.1, 0.15) is 0 Å². The van der Waals surface area contributed by atoms with E-state index in [1.807, 2.05) is 6.08 Å². The first-order chi connectivity index (χ1) is 10.9. The first kappa shape index (κ1) is 16.2. The number of rotatable bonds is 3. The molecule has 1 aromatic rings. The van der Waals surface area contributed by atoms with Crippen molar-refractivity contribution >= 4 is 11.5 Å². The van der Waals surface area contributed by atoms with Gasteiger partial charge in [0.2, 0.25) is 0 Å². The van der Waals surface area contributed by atoms with Crippen molar-refractivity contribution in [3.63, 3.8) is 0 Å². The van der Waals surface area contributed by atoms with Crippen LogP contribution in [0.15, 0.2) is 36.0 Å². The van der Waals surface area contributed by atoms with Gasteiger partial charge < -0.3 is 9.80 Å². The Morgan fingerprint density at radius 2 is 1.78 bits per heavy atom. The third-order valence-corrected chi connectivity index (χ3v) is 5.21. The maximum absolute atomic E-state index is 12.6. The number of anilines is 1. The Hall–Kier alpha value is -1.65. The lowest BCUT2D eigenvalue weighted by Gasteiger charge is -2.31. The number of hydrogen-bond acceptors (Lipinski definition) is 4. The molecule has 0 N–H and O–H groups in total. The topological polar surface area (TPSA) is 26.8 Å². The van der Waals surface area contributed by atoms with Crippen LogP contribution < -0.4 is 4.90 Å². The molecule has 0 aromatic heterocycles. The van der Waals surface area contributed by atoms with Crippen molar-refractivity contribution in [1.29, 1.82) is 0 Å². The first-order valence-corrected chi connectivity index (χ1v) is 8.39. The van der Waals surface area contributed by atoms with E-state index >= 15 is 0 Å². The maximum Gasteiger partial charge on any atom is 0.171 e. The third kappa shape index (κ3) is 3.06. The summed E-state index contributed by atoms with van der Waals surface area (Å²) in [7, 11) is 4.19. The number of benzene rings is 1. The molecule has 2 aliphatic heterocycles. The second kappa shape index (κ2) is 6.10. The molecule has 4 heteroatoms. The highest BCUT2D eigenvalue weighted by atomic mass is 16.1. The number of piperazine rings is 1. The second-order valence-electron chi connectivity index (χ2n) is 7.28. The molecule has 0 radical (unpaired) electrons. The summed E-state index contributed by atoms with van der Waals surface area (Å²) in [6.45, 7) is 8.96. The van der Waals surface area contributed by atoms with Gasteiger partial charge in [-0.3, -0.25) is 9.69 Å². The van der Waals surface area contributed by atoms with Crippen molar-refractivity contribution in [2.45, 2.75) is 19.3 Å². The molecule has 124 valence electrons. The fraction of sp³-hybridized carbons (Fsp3) is 0.526. The highest BCUT2D eigenvalue weighted by Gasteiger charge is 2.38. The summed E-state index contributed by atoms with van der Waals surface area (Å²) >= 11 is 0. The number of nitrogens with zero attached hydrogens (tertiary/aromatic N) is 3. The van der Waals surface area contributed by atoms with Crippen LogP contribution >= 0.6 is 0 Å². The van der Waals surface area contributed by atoms with E-state index in [2.05, 4.69) is 66.9 Å². The van der Waals surface area contributed by atoms with Crippen LogP contribution in [0.2, 0.25) is 0 Å². The highest BCUT2D eigenvalue weighted by molar-refractivity contribution is 5.94. The third-order valence-electron chi connectivity index (χ3n) is 5.21. The average Bonchev–Trinajstić information content (AvgIpc) is 2.71. The summed E-state index contributed by atoms with van der Waals surface area (Å²) in [4.78, 5) is 19.3. The van der Waals surface area contributed by atoms with Crippen LogP contribution in [-0.2, 0) is 10.2 Å². The van der Waals surface area contributed by atoms with Crippen molar-refractivity contribution in [3.8, 4) is 0 Å². The minimum absolute atomic E-state index is 0.122. The van der Waals surface area contributed by atoms with E-state index in [1.165, 1.54) is 11.3 Å². The van der Waals surface area contributed by atoms with Crippen LogP contribution in [0.4, 0.5) is 5.69 Å². The number of para-hydroxylation sites is 1. The summed E-state index contributed by atoms with van der Waals surface area (Å²) < 4.78 is 0. The van der Waals surface area contributed by atoms with Gasteiger partial charge >= 0.3 is 0 Å². The normalized spacial score (nSPS) is 23.3. The Balaban J connectivity index is 1.76. The number of ketones is 1. The number of carbonyl (C=O) groups is 1. The lowest BCUT2D eigenvalue weighted by molar-refractivity contribution is -0.116. The molecule has 1 aromatic carbocycles. The van der Waals surface area contributed by atoms with Crippen LogP contribution in [0, 0.1) is 0 Å². The summed E-state index contributed by atoms with van der Waals surface area (Å²) in [6.07, 6.45) is 1.86. The Labute approximate surface area is 139 Å². The lowest BCUT2D eigenvalue weighted by atomic mass is 9.83. The lowest BCUT2D eigenvalue weighted by Crippen LogP contribution is -2.46. The second-order valence-corrected chi connectivity index (χ2v) is 7.28. The molecule has 2 aliphatic rings. The molecule has 0 bridgehead atoms. The molecule has 0 atom stereocenters. The number of likely N-dealkylation sites (N-methyl/N-ethyl adjacent to an activating group) is 2. The zero-order valence-corrected chi connectivity index (χ0v) is 14.7. The van der Waals surface area contributed by atoms with Crippen LogP contribution in [0.1, 0.15) is 19.4 Å². The van der Waals surface area contributed by atoms with Gasteiger partial charge in [-0.15, -0.1) is 0 Å². The molecule has 4 nitrogen and oxygen atoms in total. The van der Waals surface area contributed by atoms with E-state index in [0.717, 1.165) is 31.9 Å². The average molecular weight is 313 g/mol. The molecule has 3 rings (SSSR count). The SMILES string of the molecule is CN1CCN(CC(=O)/C=C2/N(C)c3ccccc3C2(C)C)CC1. The molecular weight excluding hydrogens is 286 g/mol. The molecule has 0 spiro atoms. The zero-order valence-electron chi connectivity index (χ0n) is 14.7. The smallest absolute Gasteiger partial charge is 0.171 e. The quantitative estimate of drug-likeness (QED) is 0.799. The van der Waals surface area contributed by atoms with Gasteiger partial charge in [0, 0.05) is 56.1 Å². The number of carbonyl (C=O) groups excluding carboxylic acids is 1. The Bertz CT molecular complexity index is 627. The van der Waals surface area contributed by atoms with E-state index in [0.29, 0.717) is 6.54 Å². The fourth-order valence-corrected chi connectivity index (χ4v) is 3.68. The van der Waals surface area contributed by atoms with E-state index in [-0.39, 0.29) is 11.2 Å². The van der Waals surface area contributed by atoms with Crippen molar-refractivity contribution in [2.24, 2.45) is 0 Å².